The van der Waals surface area contributed by atoms with Gasteiger partial charge in [0.25, 0.3) is 0 Å². The summed E-state index contributed by atoms with van der Waals surface area (Å²) in [5.74, 6) is 0.682. The number of nitrogens with zero attached hydrogens (tertiary/aromatic N) is 3. The van der Waals surface area contributed by atoms with Gasteiger partial charge in [0.05, 0.1) is 11.7 Å². The zero-order valence-electron chi connectivity index (χ0n) is 13.1. The minimum Gasteiger partial charge on any atom is -0.487 e. The summed E-state index contributed by atoms with van der Waals surface area (Å²) in [4.78, 5) is 13.8. The van der Waals surface area contributed by atoms with E-state index in [1.54, 1.807) is 22.8 Å². The van der Waals surface area contributed by atoms with Gasteiger partial charge < -0.3 is 14.4 Å². The molecule has 1 heterocycles. The van der Waals surface area contributed by atoms with Crippen LogP contribution in [0.3, 0.4) is 0 Å². The largest absolute Gasteiger partial charge is 0.487 e. The Morgan fingerprint density at radius 3 is 2.57 bits per heavy atom. The third-order valence-electron chi connectivity index (χ3n) is 3.54. The van der Waals surface area contributed by atoms with E-state index in [0.29, 0.717) is 12.4 Å². The van der Waals surface area contributed by atoms with Gasteiger partial charge in [-0.15, -0.1) is 0 Å². The van der Waals surface area contributed by atoms with E-state index < -0.39 is 5.60 Å². The molecule has 118 valence electrons. The van der Waals surface area contributed by atoms with Crippen LogP contribution in [0.5, 0.6) is 5.75 Å². The minimum atomic E-state index is -0.491. The highest BCUT2D eigenvalue weighted by Gasteiger charge is 2.50. The van der Waals surface area contributed by atoms with Crippen molar-refractivity contribution in [2.24, 2.45) is 7.05 Å². The highest BCUT2D eigenvalue weighted by molar-refractivity contribution is 9.10. The highest BCUT2D eigenvalue weighted by atomic mass is 79.9. The molecule has 0 N–H and O–H groups in total. The fraction of sp³-hybridized carbons (Fsp3) is 0.714. The molecule has 1 saturated carbocycles. The molecule has 1 aromatic rings. The molecule has 7 heteroatoms. The number of halogens is 1. The summed E-state index contributed by atoms with van der Waals surface area (Å²) in [6, 6.07) is 0. The van der Waals surface area contributed by atoms with E-state index in [4.69, 9.17) is 9.47 Å². The van der Waals surface area contributed by atoms with Gasteiger partial charge >= 0.3 is 6.09 Å². The number of ether oxygens (including phenoxy) is 2. The first-order valence-corrected chi connectivity index (χ1v) is 7.71. The Labute approximate surface area is 133 Å². The third kappa shape index (κ3) is 3.70. The molecule has 1 aliphatic rings. The predicted octanol–water partition coefficient (Wildman–Crippen LogP) is 2.96. The molecule has 0 radical (unpaired) electrons. The van der Waals surface area contributed by atoms with Crippen molar-refractivity contribution in [1.29, 1.82) is 0 Å². The molecule has 0 saturated heterocycles. The first-order chi connectivity index (χ1) is 9.65. The number of amides is 1. The van der Waals surface area contributed by atoms with Gasteiger partial charge in [-0.05, 0) is 49.5 Å². The number of rotatable bonds is 4. The van der Waals surface area contributed by atoms with Crippen LogP contribution in [-0.4, -0.2) is 45.6 Å². The highest BCUT2D eigenvalue weighted by Crippen LogP contribution is 2.42. The van der Waals surface area contributed by atoms with Crippen LogP contribution in [0.25, 0.3) is 0 Å². The fourth-order valence-electron chi connectivity index (χ4n) is 1.96. The second-order valence-corrected chi connectivity index (χ2v) is 7.23. The van der Waals surface area contributed by atoms with Crippen molar-refractivity contribution >= 4 is 22.0 Å². The van der Waals surface area contributed by atoms with Crippen LogP contribution in [0.2, 0.25) is 0 Å². The number of hydrogen-bond acceptors (Lipinski definition) is 4. The molecule has 21 heavy (non-hydrogen) atoms. The van der Waals surface area contributed by atoms with E-state index in [9.17, 15) is 4.79 Å². The monoisotopic (exact) mass is 359 g/mol. The summed E-state index contributed by atoms with van der Waals surface area (Å²) in [6.45, 7) is 6.03. The molecular formula is C14H22BrN3O3. The van der Waals surface area contributed by atoms with Crippen LogP contribution in [0.4, 0.5) is 4.79 Å². The smallest absolute Gasteiger partial charge is 0.410 e. The Bertz CT molecular complexity index is 532. The van der Waals surface area contributed by atoms with Crippen LogP contribution >= 0.6 is 15.9 Å². The van der Waals surface area contributed by atoms with Gasteiger partial charge in [-0.2, -0.15) is 5.10 Å². The normalized spacial score (nSPS) is 16.5. The maximum atomic E-state index is 12.2. The maximum absolute atomic E-state index is 12.2. The molecule has 1 amide bonds. The van der Waals surface area contributed by atoms with Crippen molar-refractivity contribution in [2.45, 2.75) is 44.8 Å². The van der Waals surface area contributed by atoms with Crippen LogP contribution in [0, 0.1) is 0 Å². The molecular weight excluding hydrogens is 338 g/mol. The maximum Gasteiger partial charge on any atom is 0.410 e. The predicted molar refractivity (Wildman–Crippen MR) is 82.4 cm³/mol. The first-order valence-electron chi connectivity index (χ1n) is 6.92. The van der Waals surface area contributed by atoms with Gasteiger partial charge in [0.2, 0.25) is 0 Å². The fourth-order valence-corrected chi connectivity index (χ4v) is 2.26. The number of aryl methyl sites for hydroxylation is 1. The van der Waals surface area contributed by atoms with Gasteiger partial charge in [-0.25, -0.2) is 4.79 Å². The van der Waals surface area contributed by atoms with Gasteiger partial charge in [0.1, 0.15) is 16.8 Å². The van der Waals surface area contributed by atoms with Crippen molar-refractivity contribution in [2.75, 3.05) is 13.7 Å². The summed E-state index contributed by atoms with van der Waals surface area (Å²) in [5, 5.41) is 4.11. The number of aromatic nitrogens is 2. The lowest BCUT2D eigenvalue weighted by Crippen LogP contribution is -2.45. The van der Waals surface area contributed by atoms with Gasteiger partial charge in [0, 0.05) is 14.1 Å². The number of likely N-dealkylation sites (N-methyl/N-ethyl adjacent to an activating group) is 1. The molecule has 0 bridgehead atoms. The molecule has 0 aliphatic heterocycles. The average Bonchev–Trinajstić information content (AvgIpc) is 3.09. The Morgan fingerprint density at radius 2 is 2.14 bits per heavy atom. The minimum absolute atomic E-state index is 0.266. The van der Waals surface area contributed by atoms with E-state index in [1.165, 1.54) is 0 Å². The van der Waals surface area contributed by atoms with Gasteiger partial charge in [0.15, 0.2) is 5.75 Å². The van der Waals surface area contributed by atoms with Gasteiger partial charge in [-0.3, -0.25) is 4.68 Å². The molecule has 1 aromatic heterocycles. The first kappa shape index (κ1) is 16.1. The van der Waals surface area contributed by atoms with E-state index in [0.717, 1.165) is 17.4 Å². The standard InChI is InChI=1S/C14H22BrN3O3/c1-13(2,3)21-12(19)17(4)14(6-7-14)9-20-10-8-16-18(5)11(10)15/h8H,6-7,9H2,1-5H3. The van der Waals surface area contributed by atoms with Crippen LogP contribution < -0.4 is 4.74 Å². The Hall–Kier alpha value is -1.24. The van der Waals surface area contributed by atoms with E-state index in [-0.39, 0.29) is 11.6 Å². The molecule has 0 aromatic carbocycles. The summed E-state index contributed by atoms with van der Waals surface area (Å²) in [5.41, 5.74) is -0.758. The van der Waals surface area contributed by atoms with Crippen molar-refractivity contribution in [3.05, 3.63) is 10.8 Å². The van der Waals surface area contributed by atoms with Crippen LogP contribution in [-0.2, 0) is 11.8 Å². The molecule has 2 rings (SSSR count). The third-order valence-corrected chi connectivity index (χ3v) is 4.44. The van der Waals surface area contributed by atoms with Crippen LogP contribution in [0.15, 0.2) is 10.8 Å². The summed E-state index contributed by atoms with van der Waals surface area (Å²) in [7, 11) is 3.60. The SMILES string of the molecule is CN(C(=O)OC(C)(C)C)C1(COc2cnn(C)c2Br)CC1. The molecule has 1 aliphatic carbocycles. The van der Waals surface area contributed by atoms with Crippen LogP contribution in [0.1, 0.15) is 33.6 Å². The van der Waals surface area contributed by atoms with E-state index >= 15 is 0 Å². The molecule has 0 atom stereocenters. The summed E-state index contributed by atoms with van der Waals surface area (Å²) >= 11 is 3.41. The van der Waals surface area contributed by atoms with Crippen molar-refractivity contribution in [1.82, 2.24) is 14.7 Å². The second kappa shape index (κ2) is 5.51. The Balaban J connectivity index is 1.96. The van der Waals surface area contributed by atoms with Crippen molar-refractivity contribution in [3.63, 3.8) is 0 Å². The Kier molecular flexibility index (Phi) is 4.24. The average molecular weight is 360 g/mol. The number of hydrogen-bond donors (Lipinski definition) is 0. The quantitative estimate of drug-likeness (QED) is 0.829. The van der Waals surface area contributed by atoms with Gasteiger partial charge in [-0.1, -0.05) is 0 Å². The van der Waals surface area contributed by atoms with E-state index in [2.05, 4.69) is 21.0 Å². The lowest BCUT2D eigenvalue weighted by atomic mass is 10.2. The molecule has 0 unspecified atom stereocenters. The van der Waals surface area contributed by atoms with Crippen molar-refractivity contribution < 1.29 is 14.3 Å². The topological polar surface area (TPSA) is 56.6 Å². The Morgan fingerprint density at radius 1 is 1.52 bits per heavy atom. The van der Waals surface area contributed by atoms with E-state index in [1.807, 2.05) is 27.8 Å². The number of carbonyl (C=O) groups is 1. The second-order valence-electron chi connectivity index (χ2n) is 6.48. The molecule has 0 spiro atoms. The summed E-state index contributed by atoms with van der Waals surface area (Å²) < 4.78 is 13.7. The van der Waals surface area contributed by atoms with Crippen molar-refractivity contribution in [3.8, 4) is 5.75 Å². The molecule has 6 nitrogen and oxygen atoms in total. The number of carbonyl (C=O) groups excluding carboxylic acids is 1. The molecule has 1 fully saturated rings. The lowest BCUT2D eigenvalue weighted by molar-refractivity contribution is 0.0139. The summed E-state index contributed by atoms with van der Waals surface area (Å²) in [6.07, 6.45) is 3.18. The lowest BCUT2D eigenvalue weighted by Gasteiger charge is -2.30. The zero-order chi connectivity index (χ0) is 15.8. The zero-order valence-corrected chi connectivity index (χ0v) is 14.7.